The van der Waals surface area contributed by atoms with Crippen LogP contribution in [-0.2, 0) is 10.1 Å². The second-order valence-electron chi connectivity index (χ2n) is 19.5. The molecule has 0 saturated heterocycles. The fourth-order valence-electron chi connectivity index (χ4n) is 8.88. The molecule has 0 saturated carbocycles. The predicted molar refractivity (Wildman–Crippen MR) is 335 cm³/mol. The van der Waals surface area contributed by atoms with Gasteiger partial charge in [0, 0.05) is 46.3 Å². The minimum Gasteiger partial charge on any atom is -0.508 e. The number of ether oxygens (including phenoxy) is 6. The summed E-state index contributed by atoms with van der Waals surface area (Å²) >= 11 is 0. The monoisotopic (exact) mass is 1210 g/mol. The van der Waals surface area contributed by atoms with Gasteiger partial charge in [-0.3, -0.25) is 9.35 Å². The number of nitrogens with one attached hydrogen (secondary N) is 1. The summed E-state index contributed by atoms with van der Waals surface area (Å²) in [5.74, 6) is 1.61. The fourth-order valence-corrected chi connectivity index (χ4v) is 9.45. The van der Waals surface area contributed by atoms with Crippen molar-refractivity contribution in [2.45, 2.75) is 40.5 Å². The molecule has 0 aliphatic carbocycles. The molecular weight excluding hydrogens is 1150 g/mol. The lowest BCUT2D eigenvalue weighted by Gasteiger charge is -2.13. The number of azo groups is 5. The van der Waals surface area contributed by atoms with Gasteiger partial charge in [0.2, 0.25) is 0 Å². The minimum atomic E-state index is -4.05. The van der Waals surface area contributed by atoms with E-state index < -0.39 is 16.0 Å². The molecule has 23 nitrogen and oxygen atoms in total. The summed E-state index contributed by atoms with van der Waals surface area (Å²) in [6.45, 7) is 8.20. The van der Waals surface area contributed by atoms with Crippen molar-refractivity contribution in [1.29, 1.82) is 0 Å². The van der Waals surface area contributed by atoms with E-state index in [1.54, 1.807) is 115 Å². The Morgan fingerprint density at radius 2 is 0.989 bits per heavy atom. The van der Waals surface area contributed by atoms with E-state index in [2.05, 4.69) is 56.5 Å². The van der Waals surface area contributed by atoms with Crippen molar-refractivity contribution in [2.24, 2.45) is 51.1 Å². The van der Waals surface area contributed by atoms with Gasteiger partial charge < -0.3 is 44.0 Å². The maximum absolute atomic E-state index is 13.6. The number of aromatic hydroxyl groups is 2. The molecule has 9 aromatic carbocycles. The number of unbranched alkanes of at least 4 members (excludes halogenated alkanes) is 1. The normalized spacial score (nSPS) is 11.9. The molecule has 9 rings (SSSR count). The van der Waals surface area contributed by atoms with Crippen LogP contribution in [0.2, 0.25) is 0 Å². The molecule has 0 unspecified atom stereocenters. The zero-order chi connectivity index (χ0) is 62.3. The average molecular weight is 1210 g/mol. The Kier molecular flexibility index (Phi) is 20.0. The topological polar surface area (TPSA) is 303 Å². The van der Waals surface area contributed by atoms with Gasteiger partial charge in [-0.25, -0.2) is 0 Å². The highest BCUT2D eigenvalue weighted by Crippen LogP contribution is 2.45. The van der Waals surface area contributed by atoms with Crippen molar-refractivity contribution in [2.75, 3.05) is 52.2 Å². The second-order valence-corrected chi connectivity index (χ2v) is 21.1. The molecule has 0 atom stereocenters. The van der Waals surface area contributed by atoms with Crippen molar-refractivity contribution in [1.82, 2.24) is 0 Å². The largest absolute Gasteiger partial charge is 0.508 e. The van der Waals surface area contributed by atoms with Gasteiger partial charge >= 0.3 is 0 Å². The number of amides is 1. The van der Waals surface area contributed by atoms with Crippen LogP contribution in [0, 0.1) is 13.8 Å². The third-order valence-electron chi connectivity index (χ3n) is 13.4. The summed E-state index contributed by atoms with van der Waals surface area (Å²) in [6, 6.07) is 41.0. The molecule has 0 aliphatic rings. The van der Waals surface area contributed by atoms with Crippen LogP contribution in [0.5, 0.6) is 46.0 Å². The van der Waals surface area contributed by atoms with Gasteiger partial charge in [-0.2, -0.15) is 28.9 Å². The van der Waals surface area contributed by atoms with Gasteiger partial charge in [-0.15, -0.1) is 30.7 Å². The summed E-state index contributed by atoms with van der Waals surface area (Å²) in [6.07, 6.45) is 0.665. The maximum atomic E-state index is 13.6. The van der Waals surface area contributed by atoms with Gasteiger partial charge in [-0.05, 0) is 159 Å². The summed E-state index contributed by atoms with van der Waals surface area (Å²) in [4.78, 5) is 13.6. The highest BCUT2D eigenvalue weighted by Gasteiger charge is 2.18. The number of carbonyl (C=O) groups excluding carboxylic acids is 1. The lowest BCUT2D eigenvalue weighted by atomic mass is 10.1. The third-order valence-corrected chi connectivity index (χ3v) is 14.2. The number of methoxy groups -OCH3 is 3. The van der Waals surface area contributed by atoms with E-state index in [1.165, 1.54) is 33.5 Å². The lowest BCUT2D eigenvalue weighted by Crippen LogP contribution is -2.12. The smallest absolute Gasteiger partial charge is 0.264 e. The first kappa shape index (κ1) is 61.8. The summed E-state index contributed by atoms with van der Waals surface area (Å²) in [5, 5.41) is 71.1. The first-order valence-corrected chi connectivity index (χ1v) is 29.2. The zero-order valence-electron chi connectivity index (χ0n) is 49.0. The number of phenols is 2. The SMILES string of the molecule is CCOc1cc(N=Nc2ccc(C(=O)Nc3ccc4cccc(OCCCCS(=O)(=O)O)c4c3)cc2OC)c(OCC)cc1N=Nc1cc(OC)c(N=Nc2cc(OC)c(N=Nc3ccc4cc(N=Nc5ccc(O)cc5)ccc4c3O)cc2C)cc1C. The second kappa shape index (κ2) is 28.4. The molecule has 0 radical (unpaired) electrons. The quantitative estimate of drug-likeness (QED) is 0.0236. The Bertz CT molecular complexity index is 4330. The Balaban J connectivity index is 0.876. The van der Waals surface area contributed by atoms with Crippen molar-refractivity contribution >= 4 is 100 Å². The van der Waals surface area contributed by atoms with E-state index in [1.807, 2.05) is 45.9 Å². The van der Waals surface area contributed by atoms with E-state index in [0.717, 1.165) is 16.2 Å². The molecule has 88 heavy (non-hydrogen) atoms. The molecule has 0 fully saturated rings. The molecule has 1 amide bonds. The van der Waals surface area contributed by atoms with E-state index in [0.29, 0.717) is 127 Å². The number of nitrogens with zero attached hydrogens (tertiary/aromatic N) is 10. The van der Waals surface area contributed by atoms with Gasteiger partial charge in [0.05, 0.1) is 69.7 Å². The van der Waals surface area contributed by atoms with Crippen LogP contribution in [0.15, 0.2) is 197 Å². The molecule has 0 aliphatic heterocycles. The van der Waals surface area contributed by atoms with Crippen molar-refractivity contribution in [3.05, 3.63) is 162 Å². The molecule has 0 heterocycles. The Labute approximate surface area is 506 Å². The number of fused-ring (bicyclic) bond motifs is 2. The van der Waals surface area contributed by atoms with E-state index >= 15 is 0 Å². The highest BCUT2D eigenvalue weighted by molar-refractivity contribution is 7.85. The van der Waals surface area contributed by atoms with Crippen LogP contribution in [0.1, 0.15) is 48.2 Å². The average Bonchev–Trinajstić information content (AvgIpc) is 3.51. The van der Waals surface area contributed by atoms with Crippen molar-refractivity contribution in [3.63, 3.8) is 0 Å². The molecule has 0 aromatic heterocycles. The third kappa shape index (κ3) is 15.6. The number of anilines is 1. The fraction of sp³-hybridized carbons (Fsp3) is 0.203. The van der Waals surface area contributed by atoms with Gasteiger partial charge in [-0.1, -0.05) is 24.3 Å². The van der Waals surface area contributed by atoms with Crippen molar-refractivity contribution < 1.29 is 56.4 Å². The molecule has 0 spiro atoms. The van der Waals surface area contributed by atoms with Crippen LogP contribution in [0.25, 0.3) is 21.5 Å². The highest BCUT2D eigenvalue weighted by atomic mass is 32.2. The standard InChI is InChI=1S/C64H61N11O12S/c1-8-85-61-37-56(62(86-9-2)36-55(61)74-68-49-25-17-42(32-58(49)82-5)64(78)65-44-18-15-40-13-12-14-57(48(40)33-44)87-27-10-11-28-88(79,80)81)75-71-52-35-60(84-7)54(30-39(52)4)73-70-51-34-59(83-6)53(29-38(51)3)72-69-50-26-16-41-31-45(21-24-47(41)63(50)77)67-66-43-19-22-46(76)23-20-43/h12-26,29-37,76-77H,8-11,27-28H2,1-7H3,(H,65,78)(H,79,80,81). The summed E-state index contributed by atoms with van der Waals surface area (Å²) < 4.78 is 66.3. The van der Waals surface area contributed by atoms with Crippen LogP contribution >= 0.6 is 0 Å². The number of hydrogen-bond donors (Lipinski definition) is 4. The maximum Gasteiger partial charge on any atom is 0.264 e. The number of phenolic OH excluding ortho intramolecular Hbond substituents is 2. The Morgan fingerprint density at radius 1 is 0.466 bits per heavy atom. The summed E-state index contributed by atoms with van der Waals surface area (Å²) in [5.41, 5.74) is 6.45. The first-order chi connectivity index (χ1) is 42.5. The number of aryl methyl sites for hydroxylation is 2. The number of carbonyl (C=O) groups is 1. The number of hydrogen-bond acceptors (Lipinski definition) is 21. The minimum absolute atomic E-state index is 0.0608. The molecule has 0 bridgehead atoms. The first-order valence-electron chi connectivity index (χ1n) is 27.6. The van der Waals surface area contributed by atoms with Crippen LogP contribution in [0.3, 0.4) is 0 Å². The van der Waals surface area contributed by atoms with E-state index in [4.69, 9.17) is 33.0 Å². The van der Waals surface area contributed by atoms with Gasteiger partial charge in [0.1, 0.15) is 74.4 Å². The molecule has 24 heteroatoms. The van der Waals surface area contributed by atoms with Gasteiger partial charge in [0.15, 0.2) is 5.75 Å². The Hall–Kier alpha value is -10.7. The lowest BCUT2D eigenvalue weighted by molar-refractivity contribution is 0.102. The van der Waals surface area contributed by atoms with E-state index in [-0.39, 0.29) is 41.7 Å². The molecule has 9 aromatic rings. The van der Waals surface area contributed by atoms with Crippen LogP contribution in [0.4, 0.5) is 62.6 Å². The zero-order valence-corrected chi connectivity index (χ0v) is 49.8. The number of rotatable bonds is 25. The van der Waals surface area contributed by atoms with Crippen molar-refractivity contribution in [3.8, 4) is 46.0 Å². The van der Waals surface area contributed by atoms with Crippen LogP contribution in [-0.4, -0.2) is 76.0 Å². The summed E-state index contributed by atoms with van der Waals surface area (Å²) in [7, 11) is 0.432. The predicted octanol–water partition coefficient (Wildman–Crippen LogP) is 18.2. The Morgan fingerprint density at radius 3 is 1.59 bits per heavy atom. The molecular formula is C64H61N11O12S. The number of benzene rings is 9. The molecule has 450 valence electrons. The molecule has 4 N–H and O–H groups in total. The van der Waals surface area contributed by atoms with E-state index in [9.17, 15) is 23.4 Å². The van der Waals surface area contributed by atoms with Gasteiger partial charge in [0.25, 0.3) is 16.0 Å². The van der Waals surface area contributed by atoms with Crippen LogP contribution < -0.4 is 33.7 Å².